The lowest BCUT2D eigenvalue weighted by Crippen LogP contribution is -2.23. The van der Waals surface area contributed by atoms with Crippen molar-refractivity contribution in [2.45, 2.75) is 18.7 Å². The molecule has 164 valence electrons. The molecule has 0 saturated carbocycles. The van der Waals surface area contributed by atoms with E-state index in [0.717, 1.165) is 23.3 Å². The number of rotatable bonds is 9. The van der Waals surface area contributed by atoms with Crippen molar-refractivity contribution in [1.29, 1.82) is 0 Å². The summed E-state index contributed by atoms with van der Waals surface area (Å²) in [6, 6.07) is 17.1. The molecule has 2 nitrogen and oxygen atoms in total. The first-order valence-corrected chi connectivity index (χ1v) is 9.82. The lowest BCUT2D eigenvalue weighted by Gasteiger charge is -2.19. The Morgan fingerprint density at radius 3 is 1.90 bits per heavy atom. The van der Waals surface area contributed by atoms with Gasteiger partial charge in [-0.3, -0.25) is 0 Å². The van der Waals surface area contributed by atoms with Gasteiger partial charge >= 0.3 is 6.18 Å². The lowest BCUT2D eigenvalue weighted by molar-refractivity contribution is -0.137. The molecule has 0 aliphatic heterocycles. The molecule has 0 amide bonds. The molecule has 3 aromatic rings. The highest BCUT2D eigenvalue weighted by Gasteiger charge is 2.30. The van der Waals surface area contributed by atoms with Crippen molar-refractivity contribution in [3.63, 3.8) is 0 Å². The zero-order valence-electron chi connectivity index (χ0n) is 16.6. The van der Waals surface area contributed by atoms with Gasteiger partial charge in [0.25, 0.3) is 0 Å². The molecule has 31 heavy (non-hydrogen) atoms. The standard InChI is InChI=1S/C24H22F5NO/c25-21-8-4-18(5-9-21)23(19-6-10-22(26)11-7-19)31-15-14-30-13-12-17-2-1-3-20(16-17)24(27,28)29/h1-11,16,23,30H,12-15H2. The Balaban J connectivity index is 1.52. The van der Waals surface area contributed by atoms with Crippen molar-refractivity contribution in [3.05, 3.63) is 107 Å². The molecule has 0 saturated heterocycles. The molecule has 0 spiro atoms. The van der Waals surface area contributed by atoms with E-state index in [-0.39, 0.29) is 11.6 Å². The van der Waals surface area contributed by atoms with E-state index in [2.05, 4.69) is 5.32 Å². The largest absolute Gasteiger partial charge is 0.416 e. The molecule has 7 heteroatoms. The van der Waals surface area contributed by atoms with Crippen LogP contribution >= 0.6 is 0 Å². The van der Waals surface area contributed by atoms with Crippen LogP contribution in [0.1, 0.15) is 28.4 Å². The van der Waals surface area contributed by atoms with E-state index in [1.165, 1.54) is 30.3 Å². The molecule has 3 rings (SSSR count). The number of halogens is 5. The van der Waals surface area contributed by atoms with Crippen molar-refractivity contribution >= 4 is 0 Å². The van der Waals surface area contributed by atoms with Crippen molar-refractivity contribution in [3.8, 4) is 0 Å². The summed E-state index contributed by atoms with van der Waals surface area (Å²) in [4.78, 5) is 0. The Labute approximate surface area is 177 Å². The quantitative estimate of drug-likeness (QED) is 0.333. The Bertz CT molecular complexity index is 909. The molecule has 0 aliphatic carbocycles. The summed E-state index contributed by atoms with van der Waals surface area (Å²) in [6.07, 6.45) is -4.40. The smallest absolute Gasteiger partial charge is 0.367 e. The van der Waals surface area contributed by atoms with E-state index in [4.69, 9.17) is 4.74 Å². The zero-order valence-corrected chi connectivity index (χ0v) is 16.6. The van der Waals surface area contributed by atoms with Gasteiger partial charge in [0.2, 0.25) is 0 Å². The summed E-state index contributed by atoms with van der Waals surface area (Å²) in [5.74, 6) is -0.726. The molecule has 0 heterocycles. The first-order valence-electron chi connectivity index (χ1n) is 9.82. The summed E-state index contributed by atoms with van der Waals surface area (Å²) < 4.78 is 70.8. The third-order valence-electron chi connectivity index (χ3n) is 4.75. The van der Waals surface area contributed by atoms with Crippen LogP contribution in [0.25, 0.3) is 0 Å². The summed E-state index contributed by atoms with van der Waals surface area (Å²) in [5.41, 5.74) is 1.41. The normalized spacial score (nSPS) is 11.8. The van der Waals surface area contributed by atoms with Gasteiger partial charge < -0.3 is 10.1 Å². The number of benzene rings is 3. The fourth-order valence-corrected chi connectivity index (χ4v) is 3.17. The maximum atomic E-state index is 13.3. The lowest BCUT2D eigenvalue weighted by atomic mass is 10.0. The van der Waals surface area contributed by atoms with E-state index >= 15 is 0 Å². The first kappa shape index (κ1) is 22.9. The van der Waals surface area contributed by atoms with Crippen LogP contribution in [0.3, 0.4) is 0 Å². The minimum absolute atomic E-state index is 0.308. The van der Waals surface area contributed by atoms with Gasteiger partial charge in [-0.15, -0.1) is 0 Å². The molecular formula is C24H22F5NO. The van der Waals surface area contributed by atoms with Crippen LogP contribution in [0.15, 0.2) is 72.8 Å². The van der Waals surface area contributed by atoms with Gasteiger partial charge in [0, 0.05) is 6.54 Å². The minimum atomic E-state index is -4.35. The van der Waals surface area contributed by atoms with Crippen molar-refractivity contribution in [1.82, 2.24) is 5.32 Å². The van der Waals surface area contributed by atoms with Crippen LogP contribution in [0, 0.1) is 11.6 Å². The zero-order chi connectivity index (χ0) is 22.3. The number of ether oxygens (including phenoxy) is 1. The highest BCUT2D eigenvalue weighted by atomic mass is 19.4. The fourth-order valence-electron chi connectivity index (χ4n) is 3.17. The third kappa shape index (κ3) is 6.87. The molecule has 0 bridgehead atoms. The molecular weight excluding hydrogens is 413 g/mol. The van der Waals surface area contributed by atoms with Crippen LogP contribution < -0.4 is 5.32 Å². The number of hydrogen-bond donors (Lipinski definition) is 1. The second-order valence-electron chi connectivity index (χ2n) is 7.05. The second-order valence-corrected chi connectivity index (χ2v) is 7.05. The predicted octanol–water partition coefficient (Wildman–Crippen LogP) is 5.92. The van der Waals surface area contributed by atoms with Gasteiger partial charge in [0.1, 0.15) is 17.7 Å². The number of nitrogens with one attached hydrogen (secondary N) is 1. The van der Waals surface area contributed by atoms with Gasteiger partial charge in [-0.05, 0) is 60.0 Å². The summed E-state index contributed by atoms with van der Waals surface area (Å²) >= 11 is 0. The van der Waals surface area contributed by atoms with Gasteiger partial charge in [-0.2, -0.15) is 13.2 Å². The topological polar surface area (TPSA) is 21.3 Å². The molecule has 0 unspecified atom stereocenters. The maximum absolute atomic E-state index is 13.3. The summed E-state index contributed by atoms with van der Waals surface area (Å²) in [6.45, 7) is 1.27. The van der Waals surface area contributed by atoms with E-state index in [1.807, 2.05) is 0 Å². The van der Waals surface area contributed by atoms with Gasteiger partial charge in [-0.1, -0.05) is 42.5 Å². The minimum Gasteiger partial charge on any atom is -0.367 e. The molecule has 3 aromatic carbocycles. The predicted molar refractivity (Wildman–Crippen MR) is 109 cm³/mol. The molecule has 0 fully saturated rings. The SMILES string of the molecule is Fc1ccc(C(OCCNCCc2cccc(C(F)(F)F)c2)c2ccc(F)cc2)cc1. The Morgan fingerprint density at radius 2 is 1.35 bits per heavy atom. The Morgan fingerprint density at radius 1 is 0.774 bits per heavy atom. The average Bonchev–Trinajstić information content (AvgIpc) is 2.75. The number of hydrogen-bond acceptors (Lipinski definition) is 2. The highest BCUT2D eigenvalue weighted by Crippen LogP contribution is 2.29. The molecule has 0 aromatic heterocycles. The molecule has 1 N–H and O–H groups in total. The maximum Gasteiger partial charge on any atom is 0.416 e. The first-order chi connectivity index (χ1) is 14.8. The van der Waals surface area contributed by atoms with E-state index in [1.54, 1.807) is 30.3 Å². The van der Waals surface area contributed by atoms with E-state index in [0.29, 0.717) is 31.7 Å². The van der Waals surface area contributed by atoms with E-state index < -0.39 is 17.8 Å². The molecule has 0 atom stereocenters. The van der Waals surface area contributed by atoms with E-state index in [9.17, 15) is 22.0 Å². The van der Waals surface area contributed by atoms with Crippen molar-refractivity contribution < 1.29 is 26.7 Å². The van der Waals surface area contributed by atoms with Gasteiger partial charge in [0.15, 0.2) is 0 Å². The van der Waals surface area contributed by atoms with Crippen LogP contribution in [-0.2, 0) is 17.3 Å². The van der Waals surface area contributed by atoms with Crippen LogP contribution in [0.4, 0.5) is 22.0 Å². The monoisotopic (exact) mass is 435 g/mol. The summed E-state index contributed by atoms with van der Waals surface area (Å²) in [5, 5.41) is 3.14. The van der Waals surface area contributed by atoms with Crippen molar-refractivity contribution in [2.24, 2.45) is 0 Å². The fraction of sp³-hybridized carbons (Fsp3) is 0.250. The summed E-state index contributed by atoms with van der Waals surface area (Å²) in [7, 11) is 0. The number of alkyl halides is 3. The molecule has 0 aliphatic rings. The van der Waals surface area contributed by atoms with Crippen LogP contribution in [0.2, 0.25) is 0 Å². The van der Waals surface area contributed by atoms with Crippen LogP contribution in [-0.4, -0.2) is 19.7 Å². The Kier molecular flexibility index (Phi) is 7.76. The van der Waals surface area contributed by atoms with Gasteiger partial charge in [-0.25, -0.2) is 8.78 Å². The van der Waals surface area contributed by atoms with Gasteiger partial charge in [0.05, 0.1) is 12.2 Å². The third-order valence-corrected chi connectivity index (χ3v) is 4.75. The Hall–Kier alpha value is -2.77. The second kappa shape index (κ2) is 10.5. The molecule has 0 radical (unpaired) electrons. The average molecular weight is 435 g/mol. The van der Waals surface area contributed by atoms with Crippen LogP contribution in [0.5, 0.6) is 0 Å². The van der Waals surface area contributed by atoms with Crippen molar-refractivity contribution in [2.75, 3.05) is 19.7 Å². The highest BCUT2D eigenvalue weighted by molar-refractivity contribution is 5.30.